The minimum Gasteiger partial charge on any atom is -0.504 e. The van der Waals surface area contributed by atoms with E-state index in [2.05, 4.69) is 10.3 Å². The molecular formula is C18H26N4O3. The Hall–Kier alpha value is -2.44. The number of guanidine groups is 1. The average Bonchev–Trinajstić information content (AvgIpc) is 3.43. The molecule has 1 aliphatic carbocycles. The smallest absolute Gasteiger partial charge is 0.242 e. The van der Waals surface area contributed by atoms with Crippen LogP contribution in [0.4, 0.5) is 0 Å². The van der Waals surface area contributed by atoms with Crippen LogP contribution in [0.25, 0.3) is 0 Å². The van der Waals surface area contributed by atoms with E-state index >= 15 is 0 Å². The number of ether oxygens (including phenoxy) is 1. The van der Waals surface area contributed by atoms with Crippen molar-refractivity contribution in [3.8, 4) is 11.5 Å². The Bertz CT molecular complexity index is 658. The number of rotatable bonds is 5. The molecule has 1 amide bonds. The molecule has 1 saturated heterocycles. The molecular weight excluding hydrogens is 320 g/mol. The minimum absolute atomic E-state index is 0.105. The van der Waals surface area contributed by atoms with Gasteiger partial charge in [0, 0.05) is 25.7 Å². The summed E-state index contributed by atoms with van der Waals surface area (Å²) in [5.74, 6) is 1.47. The Balaban J connectivity index is 1.66. The van der Waals surface area contributed by atoms with Crippen molar-refractivity contribution in [1.29, 1.82) is 0 Å². The third-order valence-electron chi connectivity index (χ3n) is 4.53. The van der Waals surface area contributed by atoms with Gasteiger partial charge in [0.05, 0.1) is 20.2 Å². The van der Waals surface area contributed by atoms with Gasteiger partial charge in [-0.15, -0.1) is 0 Å². The minimum atomic E-state index is 0.105. The van der Waals surface area contributed by atoms with Gasteiger partial charge in [0.1, 0.15) is 0 Å². The molecule has 25 heavy (non-hydrogen) atoms. The molecule has 2 aliphatic rings. The van der Waals surface area contributed by atoms with Gasteiger partial charge in [-0.05, 0) is 37.5 Å². The monoisotopic (exact) mass is 346 g/mol. The molecule has 1 aromatic carbocycles. The maximum absolute atomic E-state index is 12.3. The van der Waals surface area contributed by atoms with E-state index in [1.807, 2.05) is 22.8 Å². The summed E-state index contributed by atoms with van der Waals surface area (Å²) in [5, 5.41) is 13.1. The van der Waals surface area contributed by atoms with E-state index in [9.17, 15) is 9.90 Å². The first-order valence-corrected chi connectivity index (χ1v) is 8.81. The Morgan fingerprint density at radius 1 is 1.40 bits per heavy atom. The van der Waals surface area contributed by atoms with Crippen LogP contribution in [0.3, 0.4) is 0 Å². The molecule has 0 spiro atoms. The van der Waals surface area contributed by atoms with E-state index in [-0.39, 0.29) is 11.7 Å². The van der Waals surface area contributed by atoms with Gasteiger partial charge in [-0.1, -0.05) is 6.07 Å². The van der Waals surface area contributed by atoms with Crippen molar-refractivity contribution in [3.05, 3.63) is 23.8 Å². The standard InChI is InChI=1S/C18H26N4O3/c1-3-19-18(20-11-13-4-7-16(25-2)15(23)10-13)21-8-9-22(14-5-6-14)17(24)12-21/h4,7,10,14,23H,3,5-6,8-9,11-12H2,1-2H3,(H,19,20). The van der Waals surface area contributed by atoms with Gasteiger partial charge in [-0.2, -0.15) is 0 Å². The number of aromatic hydroxyl groups is 1. The van der Waals surface area contributed by atoms with Gasteiger partial charge in [-0.3, -0.25) is 4.79 Å². The van der Waals surface area contributed by atoms with Crippen LogP contribution in [0.15, 0.2) is 23.2 Å². The number of hydrogen-bond acceptors (Lipinski definition) is 4. The highest BCUT2D eigenvalue weighted by Crippen LogP contribution is 2.28. The molecule has 1 heterocycles. The zero-order valence-corrected chi connectivity index (χ0v) is 14.9. The van der Waals surface area contributed by atoms with Crippen LogP contribution in [-0.2, 0) is 11.3 Å². The number of carbonyl (C=O) groups excluding carboxylic acids is 1. The quantitative estimate of drug-likeness (QED) is 0.618. The van der Waals surface area contributed by atoms with Crippen LogP contribution in [0.1, 0.15) is 25.3 Å². The number of nitrogens with zero attached hydrogens (tertiary/aromatic N) is 3. The summed E-state index contributed by atoms with van der Waals surface area (Å²) in [5.41, 5.74) is 0.886. The van der Waals surface area contributed by atoms with Crippen LogP contribution in [0.2, 0.25) is 0 Å². The zero-order valence-electron chi connectivity index (χ0n) is 14.9. The SMILES string of the molecule is CCNC(=NCc1ccc(OC)c(O)c1)N1CCN(C2CC2)C(=O)C1. The lowest BCUT2D eigenvalue weighted by Gasteiger charge is -2.36. The van der Waals surface area contributed by atoms with Crippen LogP contribution in [0.5, 0.6) is 11.5 Å². The summed E-state index contributed by atoms with van der Waals surface area (Å²) >= 11 is 0. The molecule has 0 radical (unpaired) electrons. The number of piperazine rings is 1. The fraction of sp³-hybridized carbons (Fsp3) is 0.556. The van der Waals surface area contributed by atoms with Crippen molar-refractivity contribution in [2.45, 2.75) is 32.4 Å². The highest BCUT2D eigenvalue weighted by molar-refractivity contribution is 5.88. The van der Waals surface area contributed by atoms with Crippen LogP contribution >= 0.6 is 0 Å². The van der Waals surface area contributed by atoms with Crippen molar-refractivity contribution in [2.24, 2.45) is 4.99 Å². The summed E-state index contributed by atoms with van der Waals surface area (Å²) < 4.78 is 5.06. The van der Waals surface area contributed by atoms with Gasteiger partial charge in [0.15, 0.2) is 17.5 Å². The first-order valence-electron chi connectivity index (χ1n) is 8.81. The number of carbonyl (C=O) groups is 1. The normalized spacial score (nSPS) is 18.5. The maximum atomic E-state index is 12.3. The Kier molecular flexibility index (Phi) is 5.31. The fourth-order valence-electron chi connectivity index (χ4n) is 3.07. The van der Waals surface area contributed by atoms with E-state index in [1.165, 1.54) is 7.11 Å². The highest BCUT2D eigenvalue weighted by Gasteiger charge is 2.36. The van der Waals surface area contributed by atoms with Gasteiger partial charge >= 0.3 is 0 Å². The van der Waals surface area contributed by atoms with Gasteiger partial charge in [0.2, 0.25) is 5.91 Å². The molecule has 0 atom stereocenters. The van der Waals surface area contributed by atoms with Crippen LogP contribution in [0, 0.1) is 0 Å². The Morgan fingerprint density at radius 2 is 2.20 bits per heavy atom. The van der Waals surface area contributed by atoms with Crippen molar-refractivity contribution in [2.75, 3.05) is 33.3 Å². The van der Waals surface area contributed by atoms with Gasteiger partial charge < -0.3 is 25.0 Å². The fourth-order valence-corrected chi connectivity index (χ4v) is 3.07. The van der Waals surface area contributed by atoms with E-state index in [0.29, 0.717) is 24.9 Å². The number of phenols is 1. The molecule has 0 aromatic heterocycles. The molecule has 7 heteroatoms. The third kappa shape index (κ3) is 4.15. The van der Waals surface area contributed by atoms with Crippen LogP contribution < -0.4 is 10.1 Å². The number of amides is 1. The molecule has 1 aliphatic heterocycles. The maximum Gasteiger partial charge on any atom is 0.242 e. The first kappa shape index (κ1) is 17.4. The summed E-state index contributed by atoms with van der Waals surface area (Å²) in [6, 6.07) is 5.73. The topological polar surface area (TPSA) is 77.4 Å². The second-order valence-corrected chi connectivity index (χ2v) is 6.42. The molecule has 1 saturated carbocycles. The molecule has 2 fully saturated rings. The predicted octanol–water partition coefficient (Wildman–Crippen LogP) is 1.17. The van der Waals surface area contributed by atoms with Gasteiger partial charge in [0.25, 0.3) is 0 Å². The summed E-state index contributed by atoms with van der Waals surface area (Å²) in [4.78, 5) is 21.0. The number of aliphatic imine (C=N–C) groups is 1. The summed E-state index contributed by atoms with van der Waals surface area (Å²) in [6.07, 6.45) is 2.28. The lowest BCUT2D eigenvalue weighted by Crippen LogP contribution is -2.55. The molecule has 1 aromatic rings. The lowest BCUT2D eigenvalue weighted by atomic mass is 10.2. The molecule has 2 N–H and O–H groups in total. The van der Waals surface area contributed by atoms with E-state index in [1.54, 1.807) is 12.1 Å². The number of phenolic OH excluding ortho intramolecular Hbond substituents is 1. The number of nitrogens with one attached hydrogen (secondary N) is 1. The Morgan fingerprint density at radius 3 is 2.80 bits per heavy atom. The lowest BCUT2D eigenvalue weighted by molar-refractivity contribution is -0.135. The Labute approximate surface area is 148 Å². The second kappa shape index (κ2) is 7.63. The van der Waals surface area contributed by atoms with Crippen molar-refractivity contribution in [3.63, 3.8) is 0 Å². The van der Waals surface area contributed by atoms with Gasteiger partial charge in [-0.25, -0.2) is 4.99 Å². The van der Waals surface area contributed by atoms with Crippen molar-refractivity contribution < 1.29 is 14.6 Å². The van der Waals surface area contributed by atoms with Crippen molar-refractivity contribution in [1.82, 2.24) is 15.1 Å². The molecule has 7 nitrogen and oxygen atoms in total. The largest absolute Gasteiger partial charge is 0.504 e. The molecule has 0 unspecified atom stereocenters. The summed E-state index contributed by atoms with van der Waals surface area (Å²) in [6.45, 7) is 5.10. The second-order valence-electron chi connectivity index (χ2n) is 6.42. The number of benzene rings is 1. The molecule has 136 valence electrons. The summed E-state index contributed by atoms with van der Waals surface area (Å²) in [7, 11) is 1.52. The van der Waals surface area contributed by atoms with E-state index < -0.39 is 0 Å². The molecule has 3 rings (SSSR count). The van der Waals surface area contributed by atoms with E-state index in [4.69, 9.17) is 4.74 Å². The zero-order chi connectivity index (χ0) is 17.8. The van der Waals surface area contributed by atoms with Crippen LogP contribution in [-0.4, -0.2) is 66.1 Å². The van der Waals surface area contributed by atoms with E-state index in [0.717, 1.165) is 44.0 Å². The van der Waals surface area contributed by atoms with Crippen molar-refractivity contribution >= 4 is 11.9 Å². The average molecular weight is 346 g/mol. The third-order valence-corrected chi connectivity index (χ3v) is 4.53. The first-order chi connectivity index (χ1) is 12.1. The highest BCUT2D eigenvalue weighted by atomic mass is 16.5. The predicted molar refractivity (Wildman–Crippen MR) is 95.8 cm³/mol. The number of hydrogen-bond donors (Lipinski definition) is 2. The molecule has 0 bridgehead atoms. The number of methoxy groups -OCH3 is 1.